The third-order valence-electron chi connectivity index (χ3n) is 3.74. The minimum Gasteiger partial charge on any atom is -0.392 e. The van der Waals surface area contributed by atoms with Crippen molar-refractivity contribution in [2.24, 2.45) is 11.3 Å². The summed E-state index contributed by atoms with van der Waals surface area (Å²) in [6.07, 6.45) is 4.14. The zero-order valence-corrected chi connectivity index (χ0v) is 10.1. The molecule has 84 valence electrons. The van der Waals surface area contributed by atoms with Crippen LogP contribution in [0.2, 0.25) is 0 Å². The zero-order chi connectivity index (χ0) is 11.6. The molecule has 15 heavy (non-hydrogen) atoms. The van der Waals surface area contributed by atoms with Crippen molar-refractivity contribution >= 4 is 0 Å². The monoisotopic (exact) mass is 206 g/mol. The van der Waals surface area contributed by atoms with Crippen LogP contribution in [0.5, 0.6) is 0 Å². The summed E-state index contributed by atoms with van der Waals surface area (Å²) in [5.74, 6) is 0.501. The summed E-state index contributed by atoms with van der Waals surface area (Å²) in [4.78, 5) is 0. The maximum Gasteiger partial charge on any atom is 0.0642 e. The van der Waals surface area contributed by atoms with E-state index < -0.39 is 0 Å². The molecule has 0 radical (unpaired) electrons. The third kappa shape index (κ3) is 2.40. The fourth-order valence-electron chi connectivity index (χ4n) is 2.30. The maximum absolute atomic E-state index is 8.95. The lowest BCUT2D eigenvalue weighted by Gasteiger charge is -2.31. The summed E-state index contributed by atoms with van der Waals surface area (Å²) in [5, 5.41) is 8.95. The van der Waals surface area contributed by atoms with Gasteiger partial charge >= 0.3 is 0 Å². The van der Waals surface area contributed by atoms with E-state index in [0.717, 1.165) is 18.4 Å². The molecule has 1 aliphatic rings. The number of rotatable bonds is 4. The van der Waals surface area contributed by atoms with E-state index in [1.54, 1.807) is 0 Å². The fraction of sp³-hybridized carbons (Fsp3) is 0.571. The molecular weight excluding hydrogens is 184 g/mol. The number of allylic oxidation sites excluding steroid dienone is 3. The van der Waals surface area contributed by atoms with Gasteiger partial charge in [0.2, 0.25) is 0 Å². The van der Waals surface area contributed by atoms with Gasteiger partial charge in [-0.2, -0.15) is 0 Å². The Balaban J connectivity index is 2.68. The first-order chi connectivity index (χ1) is 6.89. The molecule has 1 nitrogen and oxygen atoms in total. The van der Waals surface area contributed by atoms with Crippen molar-refractivity contribution in [3.8, 4) is 0 Å². The minimum absolute atomic E-state index is 0.0680. The van der Waals surface area contributed by atoms with Crippen LogP contribution in [-0.2, 0) is 0 Å². The number of aliphatic hydroxyl groups excluding tert-OH is 1. The Morgan fingerprint density at radius 3 is 2.53 bits per heavy atom. The molecule has 1 atom stereocenters. The SMILES string of the molecule is C=C(CO)CC(=C)C1CC=C(C)C1(C)C. The molecular formula is C14H22O. The molecule has 1 N–H and O–H groups in total. The topological polar surface area (TPSA) is 20.2 Å². The Hall–Kier alpha value is -0.820. The van der Waals surface area contributed by atoms with E-state index in [1.165, 1.54) is 11.1 Å². The summed E-state index contributed by atoms with van der Waals surface area (Å²) in [6.45, 7) is 14.8. The molecule has 1 heteroatoms. The van der Waals surface area contributed by atoms with Gasteiger partial charge in [-0.05, 0) is 36.7 Å². The van der Waals surface area contributed by atoms with Gasteiger partial charge in [-0.3, -0.25) is 0 Å². The summed E-state index contributed by atoms with van der Waals surface area (Å²) in [7, 11) is 0. The van der Waals surface area contributed by atoms with Crippen molar-refractivity contribution in [2.45, 2.75) is 33.6 Å². The first-order valence-electron chi connectivity index (χ1n) is 5.52. The van der Waals surface area contributed by atoms with Gasteiger partial charge in [-0.25, -0.2) is 0 Å². The second-order valence-electron chi connectivity index (χ2n) is 5.14. The Labute approximate surface area is 93.2 Å². The molecule has 0 saturated carbocycles. The summed E-state index contributed by atoms with van der Waals surface area (Å²) in [5.41, 5.74) is 3.73. The number of aliphatic hydroxyl groups is 1. The summed E-state index contributed by atoms with van der Waals surface area (Å²) < 4.78 is 0. The molecule has 0 spiro atoms. The highest BCUT2D eigenvalue weighted by Gasteiger charge is 2.36. The van der Waals surface area contributed by atoms with Crippen LogP contribution in [0.1, 0.15) is 33.6 Å². The summed E-state index contributed by atoms with van der Waals surface area (Å²) >= 11 is 0. The molecule has 0 aromatic rings. The summed E-state index contributed by atoms with van der Waals surface area (Å²) in [6, 6.07) is 0. The van der Waals surface area contributed by atoms with E-state index in [1.807, 2.05) is 0 Å². The van der Waals surface area contributed by atoms with Crippen molar-refractivity contribution in [1.29, 1.82) is 0 Å². The van der Waals surface area contributed by atoms with Crippen molar-refractivity contribution in [2.75, 3.05) is 6.61 Å². The Bertz CT molecular complexity index is 307. The van der Waals surface area contributed by atoms with Gasteiger partial charge in [0.25, 0.3) is 0 Å². The van der Waals surface area contributed by atoms with Crippen LogP contribution >= 0.6 is 0 Å². The standard InChI is InChI=1S/C14H22O/c1-10(9-15)8-11(2)13-7-6-12(3)14(13,4)5/h6,13,15H,1-2,7-9H2,3-5H3. The molecule has 0 aliphatic heterocycles. The minimum atomic E-state index is 0.0680. The predicted molar refractivity (Wildman–Crippen MR) is 65.6 cm³/mol. The quantitative estimate of drug-likeness (QED) is 0.698. The molecule has 0 aromatic heterocycles. The van der Waals surface area contributed by atoms with Crippen LogP contribution in [0.15, 0.2) is 36.0 Å². The van der Waals surface area contributed by atoms with E-state index in [2.05, 4.69) is 40.0 Å². The van der Waals surface area contributed by atoms with Gasteiger partial charge in [-0.15, -0.1) is 0 Å². The number of hydrogen-bond acceptors (Lipinski definition) is 1. The second-order valence-corrected chi connectivity index (χ2v) is 5.14. The third-order valence-corrected chi connectivity index (χ3v) is 3.74. The molecule has 0 fully saturated rings. The van der Waals surface area contributed by atoms with Crippen LogP contribution in [0.25, 0.3) is 0 Å². The molecule has 1 unspecified atom stereocenters. The highest BCUT2D eigenvalue weighted by atomic mass is 16.3. The normalized spacial score (nSPS) is 23.7. The van der Waals surface area contributed by atoms with Gasteiger partial charge in [0.1, 0.15) is 0 Å². The van der Waals surface area contributed by atoms with E-state index in [0.29, 0.717) is 5.92 Å². The van der Waals surface area contributed by atoms with Crippen LogP contribution in [0.3, 0.4) is 0 Å². The lowest BCUT2D eigenvalue weighted by atomic mass is 9.73. The van der Waals surface area contributed by atoms with Crippen LogP contribution in [-0.4, -0.2) is 11.7 Å². The molecule has 1 aliphatic carbocycles. The van der Waals surface area contributed by atoms with E-state index in [4.69, 9.17) is 5.11 Å². The molecule has 0 bridgehead atoms. The van der Waals surface area contributed by atoms with Crippen LogP contribution < -0.4 is 0 Å². The first-order valence-corrected chi connectivity index (χ1v) is 5.52. The number of hydrogen-bond donors (Lipinski definition) is 1. The van der Waals surface area contributed by atoms with E-state index in [-0.39, 0.29) is 12.0 Å². The average Bonchev–Trinajstić information content (AvgIpc) is 2.41. The molecule has 0 aromatic carbocycles. The smallest absolute Gasteiger partial charge is 0.0642 e. The maximum atomic E-state index is 8.95. The molecule has 0 amide bonds. The van der Waals surface area contributed by atoms with Crippen LogP contribution in [0, 0.1) is 11.3 Å². The highest BCUT2D eigenvalue weighted by Crippen LogP contribution is 2.47. The van der Waals surface area contributed by atoms with E-state index >= 15 is 0 Å². The fourth-order valence-corrected chi connectivity index (χ4v) is 2.30. The first kappa shape index (κ1) is 12.3. The van der Waals surface area contributed by atoms with Gasteiger partial charge < -0.3 is 5.11 Å². The van der Waals surface area contributed by atoms with Gasteiger partial charge in [0.05, 0.1) is 6.61 Å². The lowest BCUT2D eigenvalue weighted by molar-refractivity contribution is 0.315. The lowest BCUT2D eigenvalue weighted by Crippen LogP contribution is -2.22. The van der Waals surface area contributed by atoms with Crippen LogP contribution in [0.4, 0.5) is 0 Å². The highest BCUT2D eigenvalue weighted by molar-refractivity contribution is 5.27. The van der Waals surface area contributed by atoms with Crippen molar-refractivity contribution in [3.63, 3.8) is 0 Å². The second kappa shape index (κ2) is 4.36. The van der Waals surface area contributed by atoms with Gasteiger partial charge in [0, 0.05) is 0 Å². The largest absolute Gasteiger partial charge is 0.392 e. The Morgan fingerprint density at radius 1 is 1.53 bits per heavy atom. The average molecular weight is 206 g/mol. The van der Waals surface area contributed by atoms with Gasteiger partial charge in [-0.1, -0.05) is 44.2 Å². The van der Waals surface area contributed by atoms with E-state index in [9.17, 15) is 0 Å². The molecule has 1 rings (SSSR count). The molecule has 0 heterocycles. The van der Waals surface area contributed by atoms with Crippen molar-refractivity contribution < 1.29 is 5.11 Å². The molecule has 0 saturated heterocycles. The zero-order valence-electron chi connectivity index (χ0n) is 10.1. The Morgan fingerprint density at radius 2 is 2.13 bits per heavy atom. The Kier molecular flexibility index (Phi) is 3.56. The van der Waals surface area contributed by atoms with Crippen molar-refractivity contribution in [3.05, 3.63) is 36.0 Å². The predicted octanol–water partition coefficient (Wildman–Crippen LogP) is 3.47. The van der Waals surface area contributed by atoms with Gasteiger partial charge in [0.15, 0.2) is 0 Å². The van der Waals surface area contributed by atoms with Crippen molar-refractivity contribution in [1.82, 2.24) is 0 Å².